The molecule has 4 nitrogen and oxygen atoms in total. The standard InChI is InChI=1S/C23H28Cl2N2O2/c1-15(2)13-26-23(29)17(4)27(14-19-20(24)9-6-10-21(19)25)22(28)12-18-8-5-7-16(3)11-18/h5-11,15,17H,12-14H2,1-4H3,(H,26,29)/t17-/m0/s1. The van der Waals surface area contributed by atoms with E-state index in [1.165, 1.54) is 0 Å². The van der Waals surface area contributed by atoms with Crippen molar-refractivity contribution in [1.29, 1.82) is 0 Å². The van der Waals surface area contributed by atoms with Crippen LogP contribution in [0.15, 0.2) is 42.5 Å². The quantitative estimate of drug-likeness (QED) is 0.632. The molecular weight excluding hydrogens is 407 g/mol. The zero-order valence-electron chi connectivity index (χ0n) is 17.3. The van der Waals surface area contributed by atoms with Gasteiger partial charge in [0.15, 0.2) is 0 Å². The fourth-order valence-electron chi connectivity index (χ4n) is 2.99. The van der Waals surface area contributed by atoms with Crippen molar-refractivity contribution in [3.05, 3.63) is 69.2 Å². The highest BCUT2D eigenvalue weighted by Crippen LogP contribution is 2.27. The molecule has 156 valence electrons. The van der Waals surface area contributed by atoms with Gasteiger partial charge in [-0.1, -0.05) is 72.9 Å². The van der Waals surface area contributed by atoms with Crippen LogP contribution in [0.1, 0.15) is 37.5 Å². The van der Waals surface area contributed by atoms with E-state index in [0.717, 1.165) is 11.1 Å². The molecular formula is C23H28Cl2N2O2. The summed E-state index contributed by atoms with van der Waals surface area (Å²) in [5.41, 5.74) is 2.62. The number of benzene rings is 2. The van der Waals surface area contributed by atoms with Crippen molar-refractivity contribution >= 4 is 35.0 Å². The monoisotopic (exact) mass is 434 g/mol. The maximum atomic E-state index is 13.2. The average molecular weight is 435 g/mol. The first-order valence-corrected chi connectivity index (χ1v) is 10.5. The molecule has 6 heteroatoms. The first-order valence-electron chi connectivity index (χ1n) is 9.74. The van der Waals surface area contributed by atoms with Gasteiger partial charge in [-0.25, -0.2) is 0 Å². The Morgan fingerprint density at radius 1 is 1.03 bits per heavy atom. The molecule has 1 N–H and O–H groups in total. The van der Waals surface area contributed by atoms with Crippen LogP contribution in [0.4, 0.5) is 0 Å². The molecule has 0 aliphatic rings. The summed E-state index contributed by atoms with van der Waals surface area (Å²) in [5, 5.41) is 3.85. The molecule has 0 aliphatic carbocycles. The lowest BCUT2D eigenvalue weighted by molar-refractivity contribution is -0.140. The summed E-state index contributed by atoms with van der Waals surface area (Å²) < 4.78 is 0. The van der Waals surface area contributed by atoms with Crippen LogP contribution in [-0.2, 0) is 22.6 Å². The number of aryl methyl sites for hydroxylation is 1. The van der Waals surface area contributed by atoms with Crippen LogP contribution in [0.2, 0.25) is 10.0 Å². The Labute approximate surface area is 183 Å². The van der Waals surface area contributed by atoms with Crippen molar-refractivity contribution in [1.82, 2.24) is 10.2 Å². The molecule has 0 unspecified atom stereocenters. The molecule has 0 saturated carbocycles. The van der Waals surface area contributed by atoms with Crippen LogP contribution in [0, 0.1) is 12.8 Å². The molecule has 2 rings (SSSR count). The van der Waals surface area contributed by atoms with Crippen molar-refractivity contribution in [2.75, 3.05) is 6.54 Å². The molecule has 29 heavy (non-hydrogen) atoms. The molecule has 2 amide bonds. The van der Waals surface area contributed by atoms with E-state index in [9.17, 15) is 9.59 Å². The lowest BCUT2D eigenvalue weighted by atomic mass is 10.1. The van der Waals surface area contributed by atoms with Crippen molar-refractivity contribution in [3.63, 3.8) is 0 Å². The largest absolute Gasteiger partial charge is 0.354 e. The summed E-state index contributed by atoms with van der Waals surface area (Å²) in [4.78, 5) is 27.4. The van der Waals surface area contributed by atoms with E-state index < -0.39 is 6.04 Å². The second kappa shape index (κ2) is 10.7. The molecule has 0 radical (unpaired) electrons. The lowest BCUT2D eigenvalue weighted by Crippen LogP contribution is -2.48. The van der Waals surface area contributed by atoms with Crippen LogP contribution < -0.4 is 5.32 Å². The van der Waals surface area contributed by atoms with Gasteiger partial charge in [0.05, 0.1) is 6.42 Å². The van der Waals surface area contributed by atoms with Gasteiger partial charge >= 0.3 is 0 Å². The van der Waals surface area contributed by atoms with Gasteiger partial charge in [0.25, 0.3) is 0 Å². The average Bonchev–Trinajstić information content (AvgIpc) is 2.65. The van der Waals surface area contributed by atoms with Gasteiger partial charge in [-0.05, 0) is 37.5 Å². The van der Waals surface area contributed by atoms with Gasteiger partial charge in [0.2, 0.25) is 11.8 Å². The number of halogens is 2. The van der Waals surface area contributed by atoms with Gasteiger partial charge in [-0.3, -0.25) is 9.59 Å². The third kappa shape index (κ3) is 6.76. The Morgan fingerprint density at radius 3 is 2.24 bits per heavy atom. The third-order valence-corrected chi connectivity index (χ3v) is 5.39. The zero-order valence-corrected chi connectivity index (χ0v) is 18.8. The topological polar surface area (TPSA) is 49.4 Å². The summed E-state index contributed by atoms with van der Waals surface area (Å²) in [6, 6.07) is 12.4. The van der Waals surface area contributed by atoms with E-state index in [1.54, 1.807) is 30.0 Å². The highest BCUT2D eigenvalue weighted by Gasteiger charge is 2.27. The fraction of sp³-hybridized carbons (Fsp3) is 0.391. The number of carbonyl (C=O) groups is 2. The third-order valence-electron chi connectivity index (χ3n) is 4.68. The predicted molar refractivity (Wildman–Crippen MR) is 119 cm³/mol. The Bertz CT molecular complexity index is 847. The van der Waals surface area contributed by atoms with Crippen molar-refractivity contribution in [2.24, 2.45) is 5.92 Å². The van der Waals surface area contributed by atoms with Crippen LogP contribution in [0.5, 0.6) is 0 Å². The number of hydrogen-bond donors (Lipinski definition) is 1. The minimum atomic E-state index is -0.654. The summed E-state index contributed by atoms with van der Waals surface area (Å²) in [5.74, 6) is -0.0288. The lowest BCUT2D eigenvalue weighted by Gasteiger charge is -2.29. The maximum Gasteiger partial charge on any atom is 0.242 e. The fourth-order valence-corrected chi connectivity index (χ4v) is 3.50. The molecule has 0 aliphatic heterocycles. The predicted octanol–water partition coefficient (Wildman–Crippen LogP) is 5.03. The van der Waals surface area contributed by atoms with Crippen LogP contribution >= 0.6 is 23.2 Å². The van der Waals surface area contributed by atoms with E-state index in [1.807, 2.05) is 45.0 Å². The Balaban J connectivity index is 2.28. The van der Waals surface area contributed by atoms with Crippen molar-refractivity contribution in [3.8, 4) is 0 Å². The molecule has 0 heterocycles. The van der Waals surface area contributed by atoms with Crippen LogP contribution in [-0.4, -0.2) is 29.3 Å². The number of rotatable bonds is 8. The van der Waals surface area contributed by atoms with Gasteiger partial charge in [0.1, 0.15) is 6.04 Å². The first kappa shape index (κ1) is 23.2. The molecule has 0 fully saturated rings. The molecule has 0 saturated heterocycles. The maximum absolute atomic E-state index is 13.2. The first-order chi connectivity index (χ1) is 13.7. The molecule has 1 atom stereocenters. The summed E-state index contributed by atoms with van der Waals surface area (Å²) >= 11 is 12.6. The minimum absolute atomic E-state index is 0.154. The van der Waals surface area contributed by atoms with Crippen LogP contribution in [0.25, 0.3) is 0 Å². The van der Waals surface area contributed by atoms with Gasteiger partial charge < -0.3 is 10.2 Å². The molecule has 2 aromatic carbocycles. The SMILES string of the molecule is Cc1cccc(CC(=O)N(Cc2c(Cl)cccc2Cl)[C@@H](C)C(=O)NCC(C)C)c1. The molecule has 0 bridgehead atoms. The summed E-state index contributed by atoms with van der Waals surface area (Å²) in [7, 11) is 0. The number of nitrogens with one attached hydrogen (secondary N) is 1. The van der Waals surface area contributed by atoms with E-state index in [4.69, 9.17) is 23.2 Å². The van der Waals surface area contributed by atoms with Crippen molar-refractivity contribution in [2.45, 2.75) is 46.7 Å². The highest BCUT2D eigenvalue weighted by atomic mass is 35.5. The van der Waals surface area contributed by atoms with E-state index in [-0.39, 0.29) is 24.8 Å². The number of amides is 2. The number of nitrogens with zero attached hydrogens (tertiary/aromatic N) is 1. The Kier molecular flexibility index (Phi) is 8.54. The normalized spacial score (nSPS) is 12.0. The van der Waals surface area contributed by atoms with Crippen LogP contribution in [0.3, 0.4) is 0 Å². The minimum Gasteiger partial charge on any atom is -0.354 e. The van der Waals surface area contributed by atoms with E-state index in [2.05, 4.69) is 5.32 Å². The van der Waals surface area contributed by atoms with Gasteiger partial charge in [0, 0.05) is 28.7 Å². The number of carbonyl (C=O) groups excluding carboxylic acids is 2. The zero-order chi connectivity index (χ0) is 21.6. The second-order valence-electron chi connectivity index (χ2n) is 7.70. The molecule has 0 aromatic heterocycles. The molecule has 2 aromatic rings. The highest BCUT2D eigenvalue weighted by molar-refractivity contribution is 6.36. The Morgan fingerprint density at radius 2 is 1.66 bits per heavy atom. The smallest absolute Gasteiger partial charge is 0.242 e. The van der Waals surface area contributed by atoms with E-state index >= 15 is 0 Å². The summed E-state index contributed by atoms with van der Waals surface area (Å²) in [6.07, 6.45) is 0.200. The van der Waals surface area contributed by atoms with Gasteiger partial charge in [-0.15, -0.1) is 0 Å². The second-order valence-corrected chi connectivity index (χ2v) is 8.52. The summed E-state index contributed by atoms with van der Waals surface area (Å²) in [6.45, 7) is 8.48. The Hall–Kier alpha value is -2.04. The van der Waals surface area contributed by atoms with Gasteiger partial charge in [-0.2, -0.15) is 0 Å². The number of hydrogen-bond acceptors (Lipinski definition) is 2. The van der Waals surface area contributed by atoms with E-state index in [0.29, 0.717) is 28.1 Å². The van der Waals surface area contributed by atoms with Crippen molar-refractivity contribution < 1.29 is 9.59 Å². The molecule has 0 spiro atoms.